The molecule has 1 amide bonds. The third kappa shape index (κ3) is 3.49. The molecule has 0 spiro atoms. The molecule has 3 heterocycles. The van der Waals surface area contributed by atoms with Gasteiger partial charge in [0.05, 0.1) is 6.61 Å². The molecule has 3 aromatic rings. The molecule has 7 nitrogen and oxygen atoms in total. The number of halogens is 1. The molecular formula is C18H18FN5O2. The number of carbonyl (C=O) groups is 1. The normalized spacial score (nSPS) is 17.4. The van der Waals surface area contributed by atoms with Crippen LogP contribution in [0.3, 0.4) is 0 Å². The summed E-state index contributed by atoms with van der Waals surface area (Å²) in [4.78, 5) is 14.6. The maximum Gasteiger partial charge on any atom is 0.254 e. The smallest absolute Gasteiger partial charge is 0.254 e. The van der Waals surface area contributed by atoms with E-state index in [1.807, 2.05) is 4.90 Å². The van der Waals surface area contributed by atoms with E-state index in [0.717, 1.165) is 19.4 Å². The van der Waals surface area contributed by atoms with E-state index >= 15 is 0 Å². The Morgan fingerprint density at radius 1 is 1.27 bits per heavy atom. The molecule has 1 unspecified atom stereocenters. The Bertz CT molecular complexity index is 911. The van der Waals surface area contributed by atoms with E-state index in [0.29, 0.717) is 30.1 Å². The molecule has 1 aliphatic rings. The summed E-state index contributed by atoms with van der Waals surface area (Å²) in [6.45, 7) is 1.86. The van der Waals surface area contributed by atoms with Gasteiger partial charge < -0.3 is 9.64 Å². The number of fused-ring (bicyclic) bond motifs is 1. The van der Waals surface area contributed by atoms with E-state index < -0.39 is 0 Å². The molecule has 1 saturated heterocycles. The summed E-state index contributed by atoms with van der Waals surface area (Å²) in [7, 11) is 0. The minimum absolute atomic E-state index is 0.0259. The minimum Gasteiger partial charge on any atom is -0.493 e. The molecule has 1 atom stereocenters. The Labute approximate surface area is 149 Å². The number of likely N-dealkylation sites (tertiary alicyclic amines) is 1. The summed E-state index contributed by atoms with van der Waals surface area (Å²) in [5.41, 5.74) is 1.12. The Hall–Kier alpha value is -3.03. The van der Waals surface area contributed by atoms with Gasteiger partial charge in [-0.25, -0.2) is 8.91 Å². The molecule has 0 N–H and O–H groups in total. The van der Waals surface area contributed by atoms with Crippen LogP contribution in [0, 0.1) is 11.7 Å². The lowest BCUT2D eigenvalue weighted by atomic mass is 9.98. The topological polar surface area (TPSA) is 72.6 Å². The average Bonchev–Trinajstić information content (AvgIpc) is 3.15. The highest BCUT2D eigenvalue weighted by Gasteiger charge is 2.25. The van der Waals surface area contributed by atoms with E-state index in [2.05, 4.69) is 15.5 Å². The number of nitrogens with zero attached hydrogens (tertiary/aromatic N) is 5. The van der Waals surface area contributed by atoms with Gasteiger partial charge in [0, 0.05) is 30.8 Å². The van der Waals surface area contributed by atoms with Gasteiger partial charge in [0.2, 0.25) is 0 Å². The summed E-state index contributed by atoms with van der Waals surface area (Å²) in [5.74, 6) is 0.574. The molecule has 1 aliphatic heterocycles. The Kier molecular flexibility index (Phi) is 4.47. The van der Waals surface area contributed by atoms with Crippen molar-refractivity contribution >= 4 is 11.6 Å². The van der Waals surface area contributed by atoms with Gasteiger partial charge in [-0.3, -0.25) is 4.79 Å². The molecule has 4 rings (SSSR count). The monoisotopic (exact) mass is 355 g/mol. The third-order valence-corrected chi connectivity index (χ3v) is 4.55. The van der Waals surface area contributed by atoms with Crippen molar-refractivity contribution in [1.29, 1.82) is 0 Å². The number of benzene rings is 1. The van der Waals surface area contributed by atoms with Crippen LogP contribution < -0.4 is 4.74 Å². The lowest BCUT2D eigenvalue weighted by Crippen LogP contribution is -2.41. The summed E-state index contributed by atoms with van der Waals surface area (Å²) in [6, 6.07) is 9.40. The first-order valence-electron chi connectivity index (χ1n) is 8.54. The number of carbonyl (C=O) groups excluding carboxylic acids is 1. The quantitative estimate of drug-likeness (QED) is 0.717. The molecule has 0 radical (unpaired) electrons. The van der Waals surface area contributed by atoms with Crippen molar-refractivity contribution in [3.63, 3.8) is 0 Å². The zero-order valence-corrected chi connectivity index (χ0v) is 14.1. The summed E-state index contributed by atoms with van der Waals surface area (Å²) < 4.78 is 20.2. The van der Waals surface area contributed by atoms with Crippen molar-refractivity contribution in [2.24, 2.45) is 5.92 Å². The van der Waals surface area contributed by atoms with Crippen molar-refractivity contribution in [1.82, 2.24) is 24.9 Å². The predicted octanol–water partition coefficient (Wildman–Crippen LogP) is 2.19. The Balaban J connectivity index is 1.39. The van der Waals surface area contributed by atoms with Gasteiger partial charge >= 0.3 is 0 Å². The first-order valence-corrected chi connectivity index (χ1v) is 8.54. The molecular weight excluding hydrogens is 337 g/mol. The van der Waals surface area contributed by atoms with Crippen LogP contribution in [0.4, 0.5) is 4.39 Å². The van der Waals surface area contributed by atoms with Crippen LogP contribution in [0.5, 0.6) is 5.75 Å². The van der Waals surface area contributed by atoms with E-state index in [-0.39, 0.29) is 17.6 Å². The van der Waals surface area contributed by atoms with Crippen molar-refractivity contribution in [3.05, 3.63) is 54.0 Å². The molecule has 26 heavy (non-hydrogen) atoms. The number of rotatable bonds is 4. The van der Waals surface area contributed by atoms with Gasteiger partial charge in [-0.15, -0.1) is 5.10 Å². The van der Waals surface area contributed by atoms with E-state index in [4.69, 9.17) is 4.74 Å². The average molecular weight is 355 g/mol. The molecule has 1 aromatic carbocycles. The van der Waals surface area contributed by atoms with Crippen molar-refractivity contribution in [3.8, 4) is 5.75 Å². The van der Waals surface area contributed by atoms with Gasteiger partial charge in [-0.05, 0) is 59.7 Å². The minimum atomic E-state index is -0.286. The highest BCUT2D eigenvalue weighted by atomic mass is 19.1. The van der Waals surface area contributed by atoms with Gasteiger partial charge in [0.15, 0.2) is 5.65 Å². The van der Waals surface area contributed by atoms with E-state index in [1.54, 1.807) is 30.5 Å². The second kappa shape index (κ2) is 7.07. The van der Waals surface area contributed by atoms with Crippen LogP contribution in [0.1, 0.15) is 23.2 Å². The van der Waals surface area contributed by atoms with Crippen molar-refractivity contribution in [2.45, 2.75) is 12.8 Å². The van der Waals surface area contributed by atoms with Gasteiger partial charge in [0.25, 0.3) is 5.91 Å². The molecule has 0 aliphatic carbocycles. The fourth-order valence-corrected chi connectivity index (χ4v) is 3.19. The van der Waals surface area contributed by atoms with Gasteiger partial charge in [0.1, 0.15) is 11.6 Å². The molecule has 1 fully saturated rings. The maximum absolute atomic E-state index is 12.9. The predicted molar refractivity (Wildman–Crippen MR) is 91.3 cm³/mol. The van der Waals surface area contributed by atoms with Crippen LogP contribution in [0.25, 0.3) is 5.65 Å². The largest absolute Gasteiger partial charge is 0.493 e. The second-order valence-corrected chi connectivity index (χ2v) is 6.42. The SMILES string of the molecule is O=C(c1ccn2nnnc2c1)N1CCCC(COc2ccc(F)cc2)C1. The second-order valence-electron chi connectivity index (χ2n) is 6.42. The zero-order valence-electron chi connectivity index (χ0n) is 14.1. The Morgan fingerprint density at radius 3 is 2.96 bits per heavy atom. The number of pyridine rings is 1. The first-order chi connectivity index (χ1) is 12.7. The Morgan fingerprint density at radius 2 is 2.12 bits per heavy atom. The fourth-order valence-electron chi connectivity index (χ4n) is 3.19. The standard InChI is InChI=1S/C18H18FN5O2/c19-15-3-5-16(6-4-15)26-12-13-2-1-8-23(11-13)18(25)14-7-9-24-17(10-14)20-21-22-24/h3-7,9-10,13H,1-2,8,11-12H2. The molecule has 8 heteroatoms. The summed E-state index contributed by atoms with van der Waals surface area (Å²) >= 11 is 0. The lowest BCUT2D eigenvalue weighted by molar-refractivity contribution is 0.0633. The van der Waals surface area contributed by atoms with Gasteiger partial charge in [-0.2, -0.15) is 0 Å². The highest BCUT2D eigenvalue weighted by molar-refractivity contribution is 5.95. The maximum atomic E-state index is 12.9. The number of ether oxygens (including phenoxy) is 1. The summed E-state index contributed by atoms with van der Waals surface area (Å²) in [6.07, 6.45) is 3.61. The number of piperidine rings is 1. The number of hydrogen-bond acceptors (Lipinski definition) is 5. The van der Waals surface area contributed by atoms with Crippen molar-refractivity contribution in [2.75, 3.05) is 19.7 Å². The zero-order chi connectivity index (χ0) is 17.9. The number of aromatic nitrogens is 4. The number of amides is 1. The van der Waals surface area contributed by atoms with Gasteiger partial charge in [-0.1, -0.05) is 0 Å². The van der Waals surface area contributed by atoms with Crippen LogP contribution >= 0.6 is 0 Å². The van der Waals surface area contributed by atoms with Crippen LogP contribution in [-0.2, 0) is 0 Å². The van der Waals surface area contributed by atoms with Crippen LogP contribution in [0.2, 0.25) is 0 Å². The van der Waals surface area contributed by atoms with E-state index in [9.17, 15) is 9.18 Å². The summed E-state index contributed by atoms with van der Waals surface area (Å²) in [5, 5.41) is 11.3. The first kappa shape index (κ1) is 16.4. The molecule has 2 aromatic heterocycles. The molecule has 134 valence electrons. The van der Waals surface area contributed by atoms with Crippen LogP contribution in [0.15, 0.2) is 42.6 Å². The number of hydrogen-bond donors (Lipinski definition) is 0. The molecule has 0 bridgehead atoms. The number of tetrazole rings is 1. The van der Waals surface area contributed by atoms with Crippen LogP contribution in [-0.4, -0.2) is 50.5 Å². The highest BCUT2D eigenvalue weighted by Crippen LogP contribution is 2.21. The lowest BCUT2D eigenvalue weighted by Gasteiger charge is -2.32. The fraction of sp³-hybridized carbons (Fsp3) is 0.333. The third-order valence-electron chi connectivity index (χ3n) is 4.55. The molecule has 0 saturated carbocycles. The van der Waals surface area contributed by atoms with E-state index in [1.165, 1.54) is 16.6 Å². The van der Waals surface area contributed by atoms with Crippen molar-refractivity contribution < 1.29 is 13.9 Å².